The lowest BCUT2D eigenvalue weighted by Gasteiger charge is -2.33. The van der Waals surface area contributed by atoms with E-state index in [0.29, 0.717) is 13.1 Å². The number of benzene rings is 1. The Balaban J connectivity index is 0.000000532. The van der Waals surface area contributed by atoms with Crippen LogP contribution in [-0.2, 0) is 28.7 Å². The van der Waals surface area contributed by atoms with Gasteiger partial charge in [0.1, 0.15) is 11.7 Å². The smallest absolute Gasteiger partial charge is 0.475 e. The first-order valence-electron chi connectivity index (χ1n) is 11.9. The second kappa shape index (κ2) is 12.3. The maximum absolute atomic E-state index is 13.4. The molecule has 2 aromatic rings. The van der Waals surface area contributed by atoms with Crippen LogP contribution in [0.5, 0.6) is 0 Å². The van der Waals surface area contributed by atoms with Crippen molar-refractivity contribution in [1.29, 1.82) is 0 Å². The van der Waals surface area contributed by atoms with Gasteiger partial charge in [-0.25, -0.2) is 9.78 Å². The predicted octanol–water partition coefficient (Wildman–Crippen LogP) is 5.07. The molecular formula is C24H25ClF6N4O4. The van der Waals surface area contributed by atoms with E-state index >= 15 is 0 Å². The van der Waals surface area contributed by atoms with Crippen LogP contribution in [-0.4, -0.2) is 62.5 Å². The summed E-state index contributed by atoms with van der Waals surface area (Å²) < 4.78 is 74.2. The molecule has 0 aliphatic carbocycles. The number of halogens is 7. The van der Waals surface area contributed by atoms with Crippen LogP contribution < -0.4 is 5.32 Å². The van der Waals surface area contributed by atoms with Crippen LogP contribution in [0.1, 0.15) is 59.0 Å². The second-order valence-corrected chi connectivity index (χ2v) is 9.36. The molecule has 4 rings (SSSR count). The first-order valence-corrected chi connectivity index (χ1v) is 12.5. The molecule has 0 radical (unpaired) electrons. The van der Waals surface area contributed by atoms with Gasteiger partial charge in [0, 0.05) is 48.7 Å². The summed E-state index contributed by atoms with van der Waals surface area (Å²) in [6.45, 7) is 1.77. The van der Waals surface area contributed by atoms with Gasteiger partial charge in [0.15, 0.2) is 0 Å². The quantitative estimate of drug-likeness (QED) is 0.387. The van der Waals surface area contributed by atoms with Crippen molar-refractivity contribution in [3.63, 3.8) is 0 Å². The molecule has 0 saturated carbocycles. The Morgan fingerprint density at radius 3 is 2.36 bits per heavy atom. The zero-order chi connectivity index (χ0) is 29.0. The minimum atomic E-state index is -5.08. The first kappa shape index (κ1) is 30.3. The number of hydrogen-bond donors (Lipinski definition) is 2. The van der Waals surface area contributed by atoms with E-state index in [2.05, 4.69) is 14.9 Å². The molecule has 1 unspecified atom stereocenters. The number of aromatic nitrogens is 2. The maximum Gasteiger partial charge on any atom is 0.490 e. The van der Waals surface area contributed by atoms with Crippen LogP contribution in [0.25, 0.3) is 0 Å². The normalized spacial score (nSPS) is 17.5. The number of amides is 2. The number of aliphatic carboxylic acids is 1. The number of carbonyl (C=O) groups excluding carboxylic acids is 2. The Kier molecular flexibility index (Phi) is 9.51. The maximum atomic E-state index is 13.4. The van der Waals surface area contributed by atoms with Gasteiger partial charge in [-0.1, -0.05) is 0 Å². The van der Waals surface area contributed by atoms with E-state index in [0.717, 1.165) is 56.6 Å². The molecule has 1 aromatic carbocycles. The Bertz CT molecular complexity index is 1210. The molecular weight excluding hydrogens is 558 g/mol. The standard InChI is InChI=1S/C22H24ClF3N4O2.C2HF3O2/c23-11-19(31)28-17-9-15(8-16(10-17)22(24,25)26)21(32)29-6-3-4-14(13-29)20-27-12-18-5-1-2-7-30(18)20;3-2(4,5)1(6)7/h8-10,12,14H,1-7,11,13H2,(H,28,31);(H,6,7). The van der Waals surface area contributed by atoms with E-state index in [1.165, 1.54) is 11.8 Å². The fourth-order valence-electron chi connectivity index (χ4n) is 4.52. The van der Waals surface area contributed by atoms with Crippen molar-refractivity contribution in [3.05, 3.63) is 47.0 Å². The Morgan fingerprint density at radius 1 is 1.05 bits per heavy atom. The number of piperidine rings is 1. The van der Waals surface area contributed by atoms with Crippen LogP contribution >= 0.6 is 11.6 Å². The fraction of sp³-hybridized carbons (Fsp3) is 0.500. The van der Waals surface area contributed by atoms with Crippen LogP contribution in [0.15, 0.2) is 24.4 Å². The highest BCUT2D eigenvalue weighted by Gasteiger charge is 2.38. The number of likely N-dealkylation sites (tertiary alicyclic amines) is 1. The topological polar surface area (TPSA) is 105 Å². The van der Waals surface area contributed by atoms with Gasteiger partial charge in [-0.05, 0) is 50.3 Å². The summed E-state index contributed by atoms with van der Waals surface area (Å²) >= 11 is 5.45. The summed E-state index contributed by atoms with van der Waals surface area (Å²) in [6, 6.07) is 2.90. The number of nitrogens with zero attached hydrogens (tertiary/aromatic N) is 3. The van der Waals surface area contributed by atoms with Gasteiger partial charge in [0.2, 0.25) is 5.91 Å². The van der Waals surface area contributed by atoms with Gasteiger partial charge in [-0.15, -0.1) is 11.6 Å². The molecule has 2 aliphatic heterocycles. The van der Waals surface area contributed by atoms with Gasteiger partial charge in [0.05, 0.1) is 5.56 Å². The van der Waals surface area contributed by atoms with E-state index in [1.54, 1.807) is 4.90 Å². The lowest BCUT2D eigenvalue weighted by molar-refractivity contribution is -0.192. The first-order chi connectivity index (χ1) is 18.2. The van der Waals surface area contributed by atoms with E-state index in [9.17, 15) is 35.9 Å². The highest BCUT2D eigenvalue weighted by Crippen LogP contribution is 2.34. The van der Waals surface area contributed by atoms with Crippen LogP contribution in [0.4, 0.5) is 32.0 Å². The van der Waals surface area contributed by atoms with Crippen molar-refractivity contribution in [3.8, 4) is 0 Å². The summed E-state index contributed by atoms with van der Waals surface area (Å²) in [7, 11) is 0. The molecule has 2 aliphatic rings. The van der Waals surface area contributed by atoms with Crippen molar-refractivity contribution in [1.82, 2.24) is 14.5 Å². The third kappa shape index (κ3) is 7.87. The van der Waals surface area contributed by atoms with Gasteiger partial charge in [0.25, 0.3) is 5.91 Å². The number of imidazole rings is 1. The number of carbonyl (C=O) groups is 3. The summed E-state index contributed by atoms with van der Waals surface area (Å²) in [6.07, 6.45) is -3.01. The molecule has 8 nitrogen and oxygen atoms in total. The van der Waals surface area contributed by atoms with Crippen LogP contribution in [0.2, 0.25) is 0 Å². The molecule has 0 bridgehead atoms. The number of hydrogen-bond acceptors (Lipinski definition) is 4. The summed E-state index contributed by atoms with van der Waals surface area (Å²) in [4.78, 5) is 39.9. The van der Waals surface area contributed by atoms with Crippen molar-refractivity contribution >= 4 is 35.1 Å². The lowest BCUT2D eigenvalue weighted by atomic mass is 9.95. The number of fused-ring (bicyclic) bond motifs is 1. The molecule has 39 heavy (non-hydrogen) atoms. The molecule has 3 heterocycles. The zero-order valence-electron chi connectivity index (χ0n) is 20.4. The largest absolute Gasteiger partial charge is 0.490 e. The number of nitrogens with one attached hydrogen (secondary N) is 1. The average molecular weight is 583 g/mol. The Morgan fingerprint density at radius 2 is 1.74 bits per heavy atom. The predicted molar refractivity (Wildman–Crippen MR) is 128 cm³/mol. The van der Waals surface area contributed by atoms with Crippen molar-refractivity contribution in [2.45, 2.75) is 56.9 Å². The molecule has 2 N–H and O–H groups in total. The molecule has 1 atom stereocenters. The minimum absolute atomic E-state index is 0.0424. The van der Waals surface area contributed by atoms with E-state index in [-0.39, 0.29) is 17.2 Å². The molecule has 0 spiro atoms. The number of anilines is 1. The summed E-state index contributed by atoms with van der Waals surface area (Å²) in [5.74, 6) is -3.30. The van der Waals surface area contributed by atoms with Crippen LogP contribution in [0.3, 0.4) is 0 Å². The van der Waals surface area contributed by atoms with Gasteiger partial charge >= 0.3 is 18.3 Å². The minimum Gasteiger partial charge on any atom is -0.475 e. The number of rotatable bonds is 4. The van der Waals surface area contributed by atoms with Crippen LogP contribution in [0, 0.1) is 0 Å². The number of aryl methyl sites for hydroxylation is 1. The number of carboxylic acid groups (broad SMARTS) is 1. The van der Waals surface area contributed by atoms with Gasteiger partial charge in [-0.2, -0.15) is 26.3 Å². The second-order valence-electron chi connectivity index (χ2n) is 9.09. The molecule has 15 heteroatoms. The fourth-order valence-corrected chi connectivity index (χ4v) is 4.59. The van der Waals surface area contributed by atoms with Crippen molar-refractivity contribution < 1.29 is 45.8 Å². The molecule has 1 fully saturated rings. The van der Waals surface area contributed by atoms with E-state index < -0.39 is 41.6 Å². The molecule has 1 aromatic heterocycles. The number of carboxylic acids is 1. The highest BCUT2D eigenvalue weighted by atomic mass is 35.5. The third-order valence-corrected chi connectivity index (χ3v) is 6.51. The lowest BCUT2D eigenvalue weighted by Crippen LogP contribution is -2.40. The highest BCUT2D eigenvalue weighted by molar-refractivity contribution is 6.29. The number of alkyl halides is 7. The Labute approximate surface area is 223 Å². The monoisotopic (exact) mass is 582 g/mol. The Hall–Kier alpha value is -3.29. The van der Waals surface area contributed by atoms with Crippen molar-refractivity contribution in [2.75, 3.05) is 24.3 Å². The van der Waals surface area contributed by atoms with E-state index in [1.807, 2.05) is 6.20 Å². The van der Waals surface area contributed by atoms with Gasteiger partial charge in [-0.3, -0.25) is 9.59 Å². The van der Waals surface area contributed by atoms with Crippen molar-refractivity contribution in [2.24, 2.45) is 0 Å². The molecule has 1 saturated heterocycles. The summed E-state index contributed by atoms with van der Waals surface area (Å²) in [5.41, 5.74) is -0.0171. The summed E-state index contributed by atoms with van der Waals surface area (Å²) in [5, 5.41) is 9.44. The molecule has 214 valence electrons. The van der Waals surface area contributed by atoms with Gasteiger partial charge < -0.3 is 19.9 Å². The molecule has 2 amide bonds. The average Bonchev–Trinajstić information content (AvgIpc) is 3.31. The van der Waals surface area contributed by atoms with E-state index in [4.69, 9.17) is 21.5 Å². The third-order valence-electron chi connectivity index (χ3n) is 6.26. The zero-order valence-corrected chi connectivity index (χ0v) is 21.2. The SMILES string of the molecule is O=C(CCl)Nc1cc(C(=O)N2CCCC(c3ncc4n3CCCC4)C2)cc(C(F)(F)F)c1.O=C(O)C(F)(F)F.